The number of hydrogen-bond acceptors (Lipinski definition) is 5. The zero-order chi connectivity index (χ0) is 18.5. The van der Waals surface area contributed by atoms with E-state index in [4.69, 9.17) is 0 Å². The maximum absolute atomic E-state index is 10.6. The lowest BCUT2D eigenvalue weighted by Crippen LogP contribution is -2.34. The van der Waals surface area contributed by atoms with E-state index < -0.39 is 4.92 Å². The Morgan fingerprint density at radius 3 is 2.73 bits per heavy atom. The third-order valence-corrected chi connectivity index (χ3v) is 4.85. The smallest absolute Gasteiger partial charge is 0.270 e. The van der Waals surface area contributed by atoms with E-state index in [1.54, 1.807) is 18.3 Å². The molecule has 1 fully saturated rings. The van der Waals surface area contributed by atoms with Gasteiger partial charge in [-0.2, -0.15) is 5.10 Å². The van der Waals surface area contributed by atoms with Gasteiger partial charge in [-0.1, -0.05) is 6.42 Å². The summed E-state index contributed by atoms with van der Waals surface area (Å²) in [7, 11) is 0. The van der Waals surface area contributed by atoms with E-state index in [0.717, 1.165) is 17.4 Å². The van der Waals surface area contributed by atoms with Crippen LogP contribution in [0.25, 0.3) is 10.9 Å². The van der Waals surface area contributed by atoms with Crippen LogP contribution in [0, 0.1) is 10.1 Å². The van der Waals surface area contributed by atoms with E-state index in [1.165, 1.54) is 57.1 Å². The van der Waals surface area contributed by atoms with Crippen molar-refractivity contribution in [3.8, 4) is 0 Å². The van der Waals surface area contributed by atoms with E-state index in [2.05, 4.69) is 15.0 Å². The number of rotatable bonds is 2. The van der Waals surface area contributed by atoms with Gasteiger partial charge in [0.2, 0.25) is 0 Å². The van der Waals surface area contributed by atoms with Gasteiger partial charge in [0, 0.05) is 49.6 Å². The van der Waals surface area contributed by atoms with Crippen molar-refractivity contribution in [2.24, 2.45) is 4.99 Å². The van der Waals surface area contributed by atoms with Crippen LogP contribution in [-0.4, -0.2) is 45.1 Å². The molecule has 0 unspecified atom stereocenters. The van der Waals surface area contributed by atoms with E-state index in [-0.39, 0.29) is 11.7 Å². The molecule has 0 atom stereocenters. The summed E-state index contributed by atoms with van der Waals surface area (Å²) in [5, 5.41) is 15.6. The Kier molecular flexibility index (Phi) is 5.85. The van der Waals surface area contributed by atoms with Gasteiger partial charge in [0.25, 0.3) is 5.69 Å². The van der Waals surface area contributed by atoms with E-state index in [0.29, 0.717) is 0 Å². The van der Waals surface area contributed by atoms with Gasteiger partial charge in [0.1, 0.15) is 0 Å². The third-order valence-electron chi connectivity index (χ3n) is 4.85. The van der Waals surface area contributed by atoms with Crippen molar-refractivity contribution in [2.75, 3.05) is 19.6 Å². The second kappa shape index (κ2) is 8.29. The molecule has 1 aromatic carbocycles. The molecule has 26 heavy (non-hydrogen) atoms. The van der Waals surface area contributed by atoms with Crippen molar-refractivity contribution < 1.29 is 4.92 Å². The summed E-state index contributed by atoms with van der Waals surface area (Å²) >= 11 is 0. The van der Waals surface area contributed by atoms with Crippen LogP contribution in [0.3, 0.4) is 0 Å². The van der Waals surface area contributed by atoms with E-state index in [9.17, 15) is 10.1 Å². The van der Waals surface area contributed by atoms with Gasteiger partial charge in [-0.3, -0.25) is 19.8 Å². The molecule has 140 valence electrons. The largest absolute Gasteiger partial charge is 0.360 e. The lowest BCUT2D eigenvalue weighted by molar-refractivity contribution is -0.384. The predicted octanol–water partition coefficient (Wildman–Crippen LogP) is 4.19. The summed E-state index contributed by atoms with van der Waals surface area (Å²) < 4.78 is 1.85. The minimum Gasteiger partial charge on any atom is -0.360 e. The zero-order valence-corrected chi connectivity index (χ0v) is 15.6. The molecule has 1 saturated heterocycles. The first-order valence-electron chi connectivity index (χ1n) is 9.46. The number of amidine groups is 1. The summed E-state index contributed by atoms with van der Waals surface area (Å²) in [4.78, 5) is 17.2. The number of aliphatic imine (C=N–C) groups is 1. The van der Waals surface area contributed by atoms with Gasteiger partial charge in [0.15, 0.2) is 0 Å². The number of non-ortho nitro benzene ring substituents is 1. The molecule has 0 N–H and O–H groups in total. The number of nitro groups is 1. The van der Waals surface area contributed by atoms with Crippen molar-refractivity contribution in [1.82, 2.24) is 14.7 Å². The summed E-state index contributed by atoms with van der Waals surface area (Å²) in [6, 6.07) is 5.04. The number of nitro benzene ring substituents is 1. The first-order chi connectivity index (χ1) is 12.6. The van der Waals surface area contributed by atoms with E-state index in [1.807, 2.05) is 18.5 Å². The Hall–Kier alpha value is -2.44. The summed E-state index contributed by atoms with van der Waals surface area (Å²) in [5.74, 6) is 1.40. The number of benzene rings is 1. The molecule has 3 heterocycles. The average molecular weight is 357 g/mol. The normalized spacial score (nSPS) is 17.2. The molecule has 1 aromatic heterocycles. The lowest BCUT2D eigenvalue weighted by Gasteiger charge is -2.27. The molecule has 0 radical (unpaired) electrons. The second-order valence-corrected chi connectivity index (χ2v) is 7.13. The Balaban J connectivity index is 0.000000158. The highest BCUT2D eigenvalue weighted by atomic mass is 16.6. The minimum atomic E-state index is -0.397. The highest BCUT2D eigenvalue weighted by molar-refractivity contribution is 5.83. The molecular formula is C19H27N5O2. The van der Waals surface area contributed by atoms with Crippen LogP contribution in [0.15, 0.2) is 29.4 Å². The van der Waals surface area contributed by atoms with Crippen molar-refractivity contribution in [2.45, 2.75) is 52.0 Å². The first-order valence-corrected chi connectivity index (χ1v) is 9.46. The zero-order valence-electron chi connectivity index (χ0n) is 15.6. The highest BCUT2D eigenvalue weighted by Crippen LogP contribution is 2.22. The van der Waals surface area contributed by atoms with Crippen LogP contribution in [-0.2, 0) is 0 Å². The van der Waals surface area contributed by atoms with Crippen molar-refractivity contribution in [3.05, 3.63) is 34.5 Å². The molecule has 7 heteroatoms. The molecule has 0 bridgehead atoms. The highest BCUT2D eigenvalue weighted by Gasteiger charge is 2.16. The SMILES string of the molecule is C1CCC2=NCCCN2CC1.CC(C)n1ncc2cc([N+](=O)[O-])ccc21. The third kappa shape index (κ3) is 4.20. The maximum Gasteiger partial charge on any atom is 0.270 e. The van der Waals surface area contributed by atoms with Crippen LogP contribution in [0.5, 0.6) is 0 Å². The Morgan fingerprint density at radius 1 is 1.15 bits per heavy atom. The fourth-order valence-corrected chi connectivity index (χ4v) is 3.50. The molecule has 0 aliphatic carbocycles. The van der Waals surface area contributed by atoms with Crippen molar-refractivity contribution in [1.29, 1.82) is 0 Å². The van der Waals surface area contributed by atoms with Gasteiger partial charge in [-0.05, 0) is 39.2 Å². The first kappa shape index (κ1) is 18.4. The van der Waals surface area contributed by atoms with Gasteiger partial charge in [-0.25, -0.2) is 0 Å². The summed E-state index contributed by atoms with van der Waals surface area (Å²) in [5.41, 5.74) is 1.03. The number of aromatic nitrogens is 2. The molecule has 2 aromatic rings. The molecule has 2 aliphatic rings. The van der Waals surface area contributed by atoms with Gasteiger partial charge in [-0.15, -0.1) is 0 Å². The topological polar surface area (TPSA) is 76.6 Å². The fraction of sp³-hybridized carbons (Fsp3) is 0.579. The number of fused-ring (bicyclic) bond motifs is 2. The van der Waals surface area contributed by atoms with Gasteiger partial charge >= 0.3 is 0 Å². The number of nitrogens with zero attached hydrogens (tertiary/aromatic N) is 5. The minimum absolute atomic E-state index is 0.103. The Bertz CT molecular complexity index is 796. The van der Waals surface area contributed by atoms with Crippen LogP contribution in [0.4, 0.5) is 5.69 Å². The van der Waals surface area contributed by atoms with E-state index >= 15 is 0 Å². The molecular weight excluding hydrogens is 330 g/mol. The molecule has 7 nitrogen and oxygen atoms in total. The van der Waals surface area contributed by atoms with Crippen LogP contribution in [0.1, 0.15) is 52.0 Å². The fourth-order valence-electron chi connectivity index (χ4n) is 3.50. The summed E-state index contributed by atoms with van der Waals surface area (Å²) in [6.45, 7) is 7.64. The van der Waals surface area contributed by atoms with Gasteiger partial charge in [0.05, 0.1) is 22.5 Å². The summed E-state index contributed by atoms with van der Waals surface area (Å²) in [6.07, 6.45) is 8.29. The maximum atomic E-state index is 10.6. The quantitative estimate of drug-likeness (QED) is 0.596. The van der Waals surface area contributed by atoms with Crippen LogP contribution >= 0.6 is 0 Å². The second-order valence-electron chi connectivity index (χ2n) is 7.13. The lowest BCUT2D eigenvalue weighted by atomic mass is 10.2. The molecule has 0 saturated carbocycles. The Labute approximate surface area is 153 Å². The van der Waals surface area contributed by atoms with Gasteiger partial charge < -0.3 is 4.90 Å². The molecule has 0 spiro atoms. The average Bonchev–Trinajstić information content (AvgIpc) is 2.92. The van der Waals surface area contributed by atoms with Crippen LogP contribution in [0.2, 0.25) is 0 Å². The number of hydrogen-bond donors (Lipinski definition) is 0. The Morgan fingerprint density at radius 2 is 1.96 bits per heavy atom. The molecule has 2 aliphatic heterocycles. The standard InChI is InChI=1S/C10H11N3O2.C9H16N2/c1-7(2)12-10-4-3-9(13(14)15)5-8(10)6-11-12;1-2-5-9-10-6-4-8-11(9)7-3-1/h3-7H,1-2H3;1-8H2. The molecule has 0 amide bonds. The molecule has 4 rings (SSSR count). The monoisotopic (exact) mass is 357 g/mol. The predicted molar refractivity (Wildman–Crippen MR) is 104 cm³/mol. The van der Waals surface area contributed by atoms with Crippen LogP contribution < -0.4 is 0 Å². The van der Waals surface area contributed by atoms with Crippen molar-refractivity contribution in [3.63, 3.8) is 0 Å². The van der Waals surface area contributed by atoms with Crippen molar-refractivity contribution >= 4 is 22.4 Å².